The molecule has 27 heavy (non-hydrogen) atoms. The van der Waals surface area contributed by atoms with Crippen LogP contribution in [0.2, 0.25) is 0 Å². The van der Waals surface area contributed by atoms with E-state index in [0.29, 0.717) is 17.2 Å². The molecule has 0 N–H and O–H groups in total. The summed E-state index contributed by atoms with van der Waals surface area (Å²) in [6.07, 6.45) is 1.81. The first-order chi connectivity index (χ1) is 13.2. The third kappa shape index (κ3) is 4.19. The number of anilines is 1. The molecule has 2 aromatic carbocycles. The average Bonchev–Trinajstić information content (AvgIpc) is 3.07. The standard InChI is InChI=1S/C22H24N2O2S/c1-4-24(5-2)17-13-11-16(12-14-17)15-23-21-20(22(25)26-6-3)18-9-7-8-10-19(18)27-21/h7-15H,4-6H2,1-3H3. The van der Waals surface area contributed by atoms with E-state index in [2.05, 4.69) is 48.0 Å². The van der Waals surface area contributed by atoms with Crippen molar-refractivity contribution in [2.45, 2.75) is 20.8 Å². The van der Waals surface area contributed by atoms with E-state index >= 15 is 0 Å². The Morgan fingerprint density at radius 3 is 2.44 bits per heavy atom. The molecule has 0 bridgehead atoms. The topological polar surface area (TPSA) is 41.9 Å². The van der Waals surface area contributed by atoms with E-state index in [-0.39, 0.29) is 5.97 Å². The normalized spacial score (nSPS) is 11.2. The summed E-state index contributed by atoms with van der Waals surface area (Å²) in [5, 5.41) is 1.58. The second-order valence-corrected chi connectivity index (χ2v) is 7.05. The van der Waals surface area contributed by atoms with Gasteiger partial charge in [0.25, 0.3) is 0 Å². The van der Waals surface area contributed by atoms with Crippen LogP contribution >= 0.6 is 11.3 Å². The first-order valence-electron chi connectivity index (χ1n) is 9.25. The molecule has 0 aliphatic heterocycles. The lowest BCUT2D eigenvalue weighted by Crippen LogP contribution is -2.21. The summed E-state index contributed by atoms with van der Waals surface area (Å²) in [5.41, 5.74) is 2.75. The van der Waals surface area contributed by atoms with Crippen molar-refractivity contribution >= 4 is 44.3 Å². The van der Waals surface area contributed by atoms with Gasteiger partial charge in [-0.15, -0.1) is 11.3 Å². The summed E-state index contributed by atoms with van der Waals surface area (Å²) in [4.78, 5) is 19.4. The molecule has 140 valence electrons. The summed E-state index contributed by atoms with van der Waals surface area (Å²) in [7, 11) is 0. The molecule has 4 nitrogen and oxygen atoms in total. The van der Waals surface area contributed by atoms with Crippen molar-refractivity contribution in [1.29, 1.82) is 0 Å². The summed E-state index contributed by atoms with van der Waals surface area (Å²) < 4.78 is 6.27. The lowest BCUT2D eigenvalue weighted by atomic mass is 10.1. The van der Waals surface area contributed by atoms with E-state index in [4.69, 9.17) is 4.74 Å². The first-order valence-corrected chi connectivity index (χ1v) is 10.1. The zero-order chi connectivity index (χ0) is 19.2. The Morgan fingerprint density at radius 1 is 1.07 bits per heavy atom. The average molecular weight is 381 g/mol. The van der Waals surface area contributed by atoms with Crippen LogP contribution in [0.15, 0.2) is 53.5 Å². The van der Waals surface area contributed by atoms with Gasteiger partial charge in [-0.1, -0.05) is 30.3 Å². The molecule has 3 rings (SSSR count). The van der Waals surface area contributed by atoms with Gasteiger partial charge in [-0.25, -0.2) is 9.79 Å². The summed E-state index contributed by atoms with van der Waals surface area (Å²) in [5.74, 6) is -0.320. The fraction of sp³-hybridized carbons (Fsp3) is 0.273. The monoisotopic (exact) mass is 380 g/mol. The fourth-order valence-corrected chi connectivity index (χ4v) is 4.05. The number of ether oxygens (including phenoxy) is 1. The molecule has 0 unspecified atom stereocenters. The lowest BCUT2D eigenvalue weighted by Gasteiger charge is -2.20. The van der Waals surface area contributed by atoms with Gasteiger partial charge in [-0.3, -0.25) is 0 Å². The fourth-order valence-electron chi connectivity index (χ4n) is 3.02. The Kier molecular flexibility index (Phi) is 6.24. The maximum absolute atomic E-state index is 12.4. The van der Waals surface area contributed by atoms with Crippen LogP contribution in [0.5, 0.6) is 0 Å². The highest BCUT2D eigenvalue weighted by atomic mass is 32.1. The summed E-state index contributed by atoms with van der Waals surface area (Å²) in [6.45, 7) is 8.42. The molecule has 0 aliphatic carbocycles. The number of rotatable bonds is 7. The second-order valence-electron chi connectivity index (χ2n) is 6.02. The molecule has 3 aromatic rings. The highest BCUT2D eigenvalue weighted by Gasteiger charge is 2.19. The lowest BCUT2D eigenvalue weighted by molar-refractivity contribution is 0.0530. The number of fused-ring (bicyclic) bond motifs is 1. The van der Waals surface area contributed by atoms with Crippen LogP contribution in [0.1, 0.15) is 36.7 Å². The van der Waals surface area contributed by atoms with E-state index in [1.54, 1.807) is 6.21 Å². The van der Waals surface area contributed by atoms with E-state index < -0.39 is 0 Å². The van der Waals surface area contributed by atoms with Crippen molar-refractivity contribution < 1.29 is 9.53 Å². The number of esters is 1. The Morgan fingerprint density at radius 2 is 1.78 bits per heavy atom. The van der Waals surface area contributed by atoms with E-state index in [1.807, 2.05) is 31.2 Å². The minimum absolute atomic E-state index is 0.320. The second kappa shape index (κ2) is 8.82. The van der Waals surface area contributed by atoms with Crippen LogP contribution in [-0.4, -0.2) is 31.9 Å². The first kappa shape index (κ1) is 19.1. The van der Waals surface area contributed by atoms with Crippen molar-refractivity contribution in [1.82, 2.24) is 0 Å². The van der Waals surface area contributed by atoms with Gasteiger partial charge < -0.3 is 9.64 Å². The van der Waals surface area contributed by atoms with E-state index in [1.165, 1.54) is 17.0 Å². The molecular formula is C22H24N2O2S. The number of thiophene rings is 1. The Balaban J connectivity index is 1.91. The van der Waals surface area contributed by atoms with Crippen LogP contribution in [0.3, 0.4) is 0 Å². The van der Waals surface area contributed by atoms with Crippen LogP contribution < -0.4 is 4.90 Å². The van der Waals surface area contributed by atoms with E-state index in [0.717, 1.165) is 28.7 Å². The summed E-state index contributed by atoms with van der Waals surface area (Å²) >= 11 is 1.51. The zero-order valence-corrected chi connectivity index (χ0v) is 16.8. The maximum Gasteiger partial charge on any atom is 0.341 e. The molecule has 0 saturated carbocycles. The number of benzene rings is 2. The smallest absolute Gasteiger partial charge is 0.341 e. The van der Waals surface area contributed by atoms with Gasteiger partial charge in [0, 0.05) is 35.1 Å². The van der Waals surface area contributed by atoms with Gasteiger partial charge in [-0.05, 0) is 44.5 Å². The molecule has 1 heterocycles. The Labute approximate surface area is 164 Å². The minimum atomic E-state index is -0.320. The van der Waals surface area contributed by atoms with Gasteiger partial charge in [0.05, 0.1) is 6.61 Å². The van der Waals surface area contributed by atoms with Gasteiger partial charge >= 0.3 is 5.97 Å². The quantitative estimate of drug-likeness (QED) is 0.391. The SMILES string of the molecule is CCOC(=O)c1c(N=Cc2ccc(N(CC)CC)cc2)sc2ccccc12. The van der Waals surface area contributed by atoms with Crippen molar-refractivity contribution in [2.24, 2.45) is 4.99 Å². The predicted octanol–water partition coefficient (Wildman–Crippen LogP) is 5.67. The van der Waals surface area contributed by atoms with Crippen LogP contribution in [0.25, 0.3) is 10.1 Å². The summed E-state index contributed by atoms with van der Waals surface area (Å²) in [6, 6.07) is 16.1. The van der Waals surface area contributed by atoms with Gasteiger partial charge in [0.2, 0.25) is 0 Å². The molecule has 0 aliphatic rings. The molecule has 0 atom stereocenters. The van der Waals surface area contributed by atoms with Gasteiger partial charge in [0.15, 0.2) is 0 Å². The number of hydrogen-bond acceptors (Lipinski definition) is 5. The minimum Gasteiger partial charge on any atom is -0.462 e. The van der Waals surface area contributed by atoms with Crippen LogP contribution in [-0.2, 0) is 4.74 Å². The third-order valence-corrected chi connectivity index (χ3v) is 5.49. The van der Waals surface area contributed by atoms with Gasteiger partial charge in [-0.2, -0.15) is 0 Å². The van der Waals surface area contributed by atoms with Crippen molar-refractivity contribution in [3.8, 4) is 0 Å². The Bertz CT molecular complexity index is 941. The number of carbonyl (C=O) groups excluding carboxylic acids is 1. The highest BCUT2D eigenvalue weighted by Crippen LogP contribution is 2.38. The largest absolute Gasteiger partial charge is 0.462 e. The van der Waals surface area contributed by atoms with Crippen molar-refractivity contribution in [3.63, 3.8) is 0 Å². The van der Waals surface area contributed by atoms with Crippen LogP contribution in [0, 0.1) is 0 Å². The maximum atomic E-state index is 12.4. The van der Waals surface area contributed by atoms with Gasteiger partial charge in [0.1, 0.15) is 10.6 Å². The van der Waals surface area contributed by atoms with E-state index in [9.17, 15) is 4.79 Å². The molecule has 0 saturated heterocycles. The van der Waals surface area contributed by atoms with Crippen molar-refractivity contribution in [2.75, 3.05) is 24.6 Å². The number of nitrogens with zero attached hydrogens (tertiary/aromatic N) is 2. The molecule has 0 fully saturated rings. The number of hydrogen-bond donors (Lipinski definition) is 0. The van der Waals surface area contributed by atoms with Crippen molar-refractivity contribution in [3.05, 3.63) is 59.7 Å². The molecule has 5 heteroatoms. The molecule has 0 spiro atoms. The Hall–Kier alpha value is -2.66. The molecule has 0 amide bonds. The number of aliphatic imine (C=N–C) groups is 1. The van der Waals surface area contributed by atoms with Crippen LogP contribution in [0.4, 0.5) is 10.7 Å². The zero-order valence-electron chi connectivity index (χ0n) is 15.9. The third-order valence-electron chi connectivity index (χ3n) is 4.41. The predicted molar refractivity (Wildman–Crippen MR) is 115 cm³/mol. The number of carbonyl (C=O) groups is 1. The molecular weight excluding hydrogens is 356 g/mol. The molecule has 0 radical (unpaired) electrons. The highest BCUT2D eigenvalue weighted by molar-refractivity contribution is 7.23. The molecule has 1 aromatic heterocycles.